The molecule has 0 spiro atoms. The fourth-order valence-corrected chi connectivity index (χ4v) is 2.75. The first-order valence-electron chi connectivity index (χ1n) is 8.58. The van der Waals surface area contributed by atoms with Gasteiger partial charge in [0.15, 0.2) is 0 Å². The van der Waals surface area contributed by atoms with E-state index in [0.29, 0.717) is 22.0 Å². The molecule has 29 heavy (non-hydrogen) atoms. The van der Waals surface area contributed by atoms with E-state index in [4.69, 9.17) is 16.3 Å². The molecule has 0 fully saturated rings. The van der Waals surface area contributed by atoms with Crippen molar-refractivity contribution in [1.82, 2.24) is 9.97 Å². The lowest BCUT2D eigenvalue weighted by molar-refractivity contribution is 0.262. The van der Waals surface area contributed by atoms with Crippen LogP contribution in [-0.2, 0) is 0 Å². The number of carbonyl (C=O) groups excluding carboxylic acids is 1. The number of ether oxygens (including phenoxy) is 1. The van der Waals surface area contributed by atoms with Crippen LogP contribution in [0.2, 0.25) is 5.02 Å². The summed E-state index contributed by atoms with van der Waals surface area (Å²) in [6.45, 7) is 0. The number of hydrogen-bond donors (Lipinski definition) is 2. The molecule has 0 aliphatic heterocycles. The normalized spacial score (nSPS) is 10.6. The van der Waals surface area contributed by atoms with Gasteiger partial charge >= 0.3 is 6.03 Å². The van der Waals surface area contributed by atoms with E-state index in [1.807, 2.05) is 0 Å². The van der Waals surface area contributed by atoms with Crippen molar-refractivity contribution < 1.29 is 13.9 Å². The zero-order valence-corrected chi connectivity index (χ0v) is 15.7. The van der Waals surface area contributed by atoms with Crippen LogP contribution >= 0.6 is 11.6 Å². The molecule has 0 aliphatic carbocycles. The number of hydrogen-bond acceptors (Lipinski definition) is 4. The van der Waals surface area contributed by atoms with Gasteiger partial charge in [0, 0.05) is 35.2 Å². The third kappa shape index (κ3) is 4.59. The number of nitrogens with zero attached hydrogens (tertiary/aromatic N) is 2. The summed E-state index contributed by atoms with van der Waals surface area (Å²) in [6.07, 6.45) is 3.19. The Labute approximate surface area is 170 Å². The fourth-order valence-electron chi connectivity index (χ4n) is 2.62. The first-order chi connectivity index (χ1) is 14.1. The fraction of sp³-hybridized carbons (Fsp3) is 0. The number of amides is 2. The van der Waals surface area contributed by atoms with Gasteiger partial charge in [-0.25, -0.2) is 9.18 Å². The zero-order valence-electron chi connectivity index (χ0n) is 14.9. The average Bonchev–Trinajstić information content (AvgIpc) is 2.72. The molecular formula is C21H14ClFN4O2. The minimum absolute atomic E-state index is 0.0215. The maximum Gasteiger partial charge on any atom is 0.323 e. The molecule has 0 aliphatic rings. The summed E-state index contributed by atoms with van der Waals surface area (Å²) in [7, 11) is 0. The molecule has 144 valence electrons. The van der Waals surface area contributed by atoms with Crippen LogP contribution in [0, 0.1) is 5.82 Å². The Kier molecular flexibility index (Phi) is 5.22. The van der Waals surface area contributed by atoms with Gasteiger partial charge in [0.25, 0.3) is 0 Å². The van der Waals surface area contributed by atoms with Crippen molar-refractivity contribution in [3.05, 3.63) is 83.9 Å². The van der Waals surface area contributed by atoms with Crippen LogP contribution in [0.15, 0.2) is 73.1 Å². The minimum Gasteiger partial charge on any atom is -0.457 e. The summed E-state index contributed by atoms with van der Waals surface area (Å²) in [5.74, 6) is 0.155. The van der Waals surface area contributed by atoms with Gasteiger partial charge in [0.05, 0.1) is 16.7 Å². The van der Waals surface area contributed by atoms with Gasteiger partial charge in [-0.1, -0.05) is 11.6 Å². The highest BCUT2D eigenvalue weighted by Crippen LogP contribution is 2.27. The van der Waals surface area contributed by atoms with Crippen molar-refractivity contribution in [1.29, 1.82) is 0 Å². The van der Waals surface area contributed by atoms with Crippen LogP contribution in [0.5, 0.6) is 11.5 Å². The predicted molar refractivity (Wildman–Crippen MR) is 110 cm³/mol. The monoisotopic (exact) mass is 408 g/mol. The highest BCUT2D eigenvalue weighted by Gasteiger charge is 2.10. The van der Waals surface area contributed by atoms with E-state index in [1.54, 1.807) is 60.9 Å². The van der Waals surface area contributed by atoms with E-state index < -0.39 is 11.8 Å². The Hall–Kier alpha value is -3.71. The van der Waals surface area contributed by atoms with Gasteiger partial charge in [0.1, 0.15) is 17.3 Å². The molecule has 4 rings (SSSR count). The highest BCUT2D eigenvalue weighted by molar-refractivity contribution is 6.30. The molecule has 2 amide bonds. The molecule has 8 heteroatoms. The van der Waals surface area contributed by atoms with Crippen LogP contribution < -0.4 is 15.4 Å². The maximum absolute atomic E-state index is 14.4. The largest absolute Gasteiger partial charge is 0.457 e. The number of halogens is 2. The number of anilines is 2. The van der Waals surface area contributed by atoms with Gasteiger partial charge in [0.2, 0.25) is 0 Å². The van der Waals surface area contributed by atoms with Crippen LogP contribution in [0.4, 0.5) is 20.6 Å². The molecule has 6 nitrogen and oxygen atoms in total. The van der Waals surface area contributed by atoms with E-state index in [9.17, 15) is 9.18 Å². The summed E-state index contributed by atoms with van der Waals surface area (Å²) in [4.78, 5) is 20.4. The number of benzene rings is 3. The first kappa shape index (κ1) is 18.6. The van der Waals surface area contributed by atoms with Crippen molar-refractivity contribution in [2.75, 3.05) is 10.6 Å². The Morgan fingerprint density at radius 2 is 1.55 bits per heavy atom. The van der Waals surface area contributed by atoms with Crippen LogP contribution in [0.3, 0.4) is 0 Å². The van der Waals surface area contributed by atoms with Gasteiger partial charge in [-0.3, -0.25) is 9.97 Å². The smallest absolute Gasteiger partial charge is 0.323 e. The molecule has 0 bridgehead atoms. The van der Waals surface area contributed by atoms with Gasteiger partial charge in [-0.15, -0.1) is 0 Å². The SMILES string of the molecule is O=C(Nc1ccc(Cl)cc1)Nc1ccc(Oc2ccc3nccnc3c2)cc1F. The molecule has 1 heterocycles. The quantitative estimate of drug-likeness (QED) is 0.443. The predicted octanol–water partition coefficient (Wildman–Crippen LogP) is 5.86. The van der Waals surface area contributed by atoms with Crippen LogP contribution in [0.25, 0.3) is 11.0 Å². The summed E-state index contributed by atoms with van der Waals surface area (Å²) >= 11 is 5.80. The standard InChI is InChI=1S/C21H14ClFN4O2/c22-13-1-3-14(4-2-13)26-21(28)27-18-7-5-15(11-17(18)23)29-16-6-8-19-20(12-16)25-10-9-24-19/h1-12H,(H2,26,27,28). The molecule has 0 atom stereocenters. The summed E-state index contributed by atoms with van der Waals surface area (Å²) in [5, 5.41) is 5.61. The number of fused-ring (bicyclic) bond motifs is 1. The zero-order chi connectivity index (χ0) is 20.2. The molecule has 2 N–H and O–H groups in total. The number of carbonyl (C=O) groups is 1. The molecule has 4 aromatic rings. The van der Waals surface area contributed by atoms with E-state index in [1.165, 1.54) is 12.1 Å². The number of nitrogens with one attached hydrogen (secondary N) is 2. The lowest BCUT2D eigenvalue weighted by atomic mass is 10.2. The lowest BCUT2D eigenvalue weighted by Gasteiger charge is -2.11. The van der Waals surface area contributed by atoms with E-state index in [0.717, 1.165) is 5.52 Å². The summed E-state index contributed by atoms with van der Waals surface area (Å²) in [6, 6.07) is 15.4. The van der Waals surface area contributed by atoms with E-state index in [2.05, 4.69) is 20.6 Å². The summed E-state index contributed by atoms with van der Waals surface area (Å²) < 4.78 is 20.1. The summed E-state index contributed by atoms with van der Waals surface area (Å²) in [5.41, 5.74) is 1.96. The number of urea groups is 1. The molecule has 0 radical (unpaired) electrons. The van der Waals surface area contributed by atoms with Gasteiger partial charge in [-0.2, -0.15) is 0 Å². The third-order valence-corrected chi connectivity index (χ3v) is 4.22. The maximum atomic E-state index is 14.4. The van der Waals surface area contributed by atoms with Gasteiger partial charge < -0.3 is 15.4 Å². The topological polar surface area (TPSA) is 76.1 Å². The van der Waals surface area contributed by atoms with Crippen LogP contribution in [0.1, 0.15) is 0 Å². The Morgan fingerprint density at radius 3 is 2.31 bits per heavy atom. The van der Waals surface area contributed by atoms with Crippen molar-refractivity contribution in [3.63, 3.8) is 0 Å². The second-order valence-corrected chi connectivity index (χ2v) is 6.47. The second kappa shape index (κ2) is 8.12. The number of aromatic nitrogens is 2. The molecule has 1 aromatic heterocycles. The first-order valence-corrected chi connectivity index (χ1v) is 8.96. The lowest BCUT2D eigenvalue weighted by Crippen LogP contribution is -2.20. The van der Waals surface area contributed by atoms with Gasteiger partial charge in [-0.05, 0) is 48.5 Å². The van der Waals surface area contributed by atoms with E-state index in [-0.39, 0.29) is 11.4 Å². The number of rotatable bonds is 4. The minimum atomic E-state index is -0.630. The van der Waals surface area contributed by atoms with Crippen molar-refractivity contribution in [3.8, 4) is 11.5 Å². The molecule has 0 saturated heterocycles. The average molecular weight is 409 g/mol. The Morgan fingerprint density at radius 1 is 0.862 bits per heavy atom. The molecule has 3 aromatic carbocycles. The third-order valence-electron chi connectivity index (χ3n) is 3.97. The molecule has 0 unspecified atom stereocenters. The molecular weight excluding hydrogens is 395 g/mol. The van der Waals surface area contributed by atoms with E-state index >= 15 is 0 Å². The molecule has 0 saturated carbocycles. The Bertz CT molecular complexity index is 1180. The Balaban J connectivity index is 1.44. The van der Waals surface area contributed by atoms with Crippen LogP contribution in [-0.4, -0.2) is 16.0 Å². The highest BCUT2D eigenvalue weighted by atomic mass is 35.5. The van der Waals surface area contributed by atoms with Crippen molar-refractivity contribution >= 4 is 40.0 Å². The van der Waals surface area contributed by atoms with Crippen molar-refractivity contribution in [2.24, 2.45) is 0 Å². The van der Waals surface area contributed by atoms with Crippen molar-refractivity contribution in [2.45, 2.75) is 0 Å². The second-order valence-electron chi connectivity index (χ2n) is 6.04.